The Labute approximate surface area is 94.2 Å². The maximum atomic E-state index is 2.87. The Morgan fingerprint density at radius 1 is 1.27 bits per heavy atom. The molecule has 0 aromatic rings. The van der Waals surface area contributed by atoms with Gasteiger partial charge in [0, 0.05) is 12.1 Å². The quantitative estimate of drug-likeness (QED) is 0.671. The lowest BCUT2D eigenvalue weighted by Gasteiger charge is -2.39. The first-order valence-corrected chi connectivity index (χ1v) is 6.83. The Hall–Kier alpha value is -0.0400. The van der Waals surface area contributed by atoms with Crippen LogP contribution in [0.15, 0.2) is 0 Å². The van der Waals surface area contributed by atoms with Gasteiger partial charge in [-0.25, -0.2) is 0 Å². The molecule has 1 heteroatoms. The summed E-state index contributed by atoms with van der Waals surface area (Å²) in [5.41, 5.74) is 1.42. The van der Waals surface area contributed by atoms with Gasteiger partial charge in [-0.2, -0.15) is 0 Å². The molecule has 0 amide bonds. The summed E-state index contributed by atoms with van der Waals surface area (Å²) in [5.74, 6) is 1.81. The van der Waals surface area contributed by atoms with Gasteiger partial charge in [0.05, 0.1) is 0 Å². The molecule has 1 aliphatic carbocycles. The molecule has 1 nitrogen and oxygen atoms in total. The maximum absolute atomic E-state index is 2.87. The average Bonchev–Trinajstić information content (AvgIpc) is 2.78. The largest absolute Gasteiger partial charge is 0.297 e. The van der Waals surface area contributed by atoms with Crippen LogP contribution in [-0.2, 0) is 0 Å². The van der Waals surface area contributed by atoms with Crippen molar-refractivity contribution in [3.63, 3.8) is 0 Å². The lowest BCUT2D eigenvalue weighted by molar-refractivity contribution is 0.107. The van der Waals surface area contributed by atoms with E-state index in [1.807, 2.05) is 0 Å². The standard InChI is InChI=1S/C14H25N/c1-11(2)8-14-9-12(3)10-15(14)7-6-13(14)4-5-13/h11-12H,4-10H2,1-3H3/t12-,14+/m0/s1. The van der Waals surface area contributed by atoms with Crippen LogP contribution in [0.1, 0.15) is 52.9 Å². The van der Waals surface area contributed by atoms with Gasteiger partial charge in [-0.3, -0.25) is 4.90 Å². The molecule has 15 heavy (non-hydrogen) atoms. The van der Waals surface area contributed by atoms with E-state index in [1.165, 1.54) is 45.2 Å². The molecule has 2 aliphatic heterocycles. The molecule has 1 spiro atoms. The van der Waals surface area contributed by atoms with Crippen LogP contribution < -0.4 is 0 Å². The van der Waals surface area contributed by atoms with E-state index in [4.69, 9.17) is 0 Å². The van der Waals surface area contributed by atoms with Gasteiger partial charge in [-0.05, 0) is 55.9 Å². The zero-order valence-corrected chi connectivity index (χ0v) is 10.6. The molecule has 0 aromatic carbocycles. The third-order valence-corrected chi connectivity index (χ3v) is 5.27. The molecule has 0 radical (unpaired) electrons. The highest BCUT2D eigenvalue weighted by atomic mass is 15.3. The van der Waals surface area contributed by atoms with Crippen LogP contribution in [0.25, 0.3) is 0 Å². The molecule has 2 atom stereocenters. The summed E-state index contributed by atoms with van der Waals surface area (Å²) in [5, 5.41) is 0. The summed E-state index contributed by atoms with van der Waals surface area (Å²) in [4.78, 5) is 2.87. The molecule has 0 bridgehead atoms. The SMILES string of the molecule is CC(C)C[C@]12C[C@H](C)CN1CCC21CC1. The first-order chi connectivity index (χ1) is 7.08. The normalized spacial score (nSPS) is 42.8. The second-order valence-electron chi connectivity index (χ2n) is 6.92. The summed E-state index contributed by atoms with van der Waals surface area (Å²) in [6, 6.07) is 0. The Bertz CT molecular complexity index is 267. The summed E-state index contributed by atoms with van der Waals surface area (Å²) in [7, 11) is 0. The van der Waals surface area contributed by atoms with Gasteiger partial charge in [0.15, 0.2) is 0 Å². The lowest BCUT2D eigenvalue weighted by Crippen LogP contribution is -2.45. The molecule has 2 saturated heterocycles. The Morgan fingerprint density at radius 3 is 2.60 bits per heavy atom. The number of hydrogen-bond acceptors (Lipinski definition) is 1. The van der Waals surface area contributed by atoms with Crippen molar-refractivity contribution in [2.75, 3.05) is 13.1 Å². The van der Waals surface area contributed by atoms with Crippen LogP contribution in [0.2, 0.25) is 0 Å². The minimum Gasteiger partial charge on any atom is -0.297 e. The van der Waals surface area contributed by atoms with Crippen molar-refractivity contribution in [3.05, 3.63) is 0 Å². The third kappa shape index (κ3) is 1.25. The van der Waals surface area contributed by atoms with Gasteiger partial charge >= 0.3 is 0 Å². The number of rotatable bonds is 2. The molecule has 3 fully saturated rings. The first kappa shape index (κ1) is 10.1. The van der Waals surface area contributed by atoms with Crippen LogP contribution >= 0.6 is 0 Å². The van der Waals surface area contributed by atoms with Gasteiger partial charge in [-0.1, -0.05) is 20.8 Å². The lowest BCUT2D eigenvalue weighted by atomic mass is 9.73. The van der Waals surface area contributed by atoms with Gasteiger partial charge in [0.25, 0.3) is 0 Å². The second kappa shape index (κ2) is 3.00. The van der Waals surface area contributed by atoms with E-state index in [2.05, 4.69) is 25.7 Å². The fourth-order valence-corrected chi connectivity index (χ4v) is 4.73. The van der Waals surface area contributed by atoms with E-state index < -0.39 is 0 Å². The van der Waals surface area contributed by atoms with Gasteiger partial charge in [0.1, 0.15) is 0 Å². The first-order valence-electron chi connectivity index (χ1n) is 6.83. The van der Waals surface area contributed by atoms with E-state index >= 15 is 0 Å². The summed E-state index contributed by atoms with van der Waals surface area (Å²) in [6.07, 6.45) is 7.51. The van der Waals surface area contributed by atoms with Crippen molar-refractivity contribution in [3.8, 4) is 0 Å². The molecule has 2 heterocycles. The highest BCUT2D eigenvalue weighted by molar-refractivity contribution is 5.20. The molecular weight excluding hydrogens is 182 g/mol. The van der Waals surface area contributed by atoms with Gasteiger partial charge in [-0.15, -0.1) is 0 Å². The minimum atomic E-state index is 0.639. The Morgan fingerprint density at radius 2 is 2.00 bits per heavy atom. The van der Waals surface area contributed by atoms with Crippen molar-refractivity contribution in [2.24, 2.45) is 17.3 Å². The van der Waals surface area contributed by atoms with Crippen LogP contribution in [0.4, 0.5) is 0 Å². The maximum Gasteiger partial charge on any atom is 0.0271 e. The molecule has 86 valence electrons. The smallest absolute Gasteiger partial charge is 0.0271 e. The molecule has 1 saturated carbocycles. The molecule has 3 rings (SSSR count). The zero-order valence-electron chi connectivity index (χ0n) is 10.6. The van der Waals surface area contributed by atoms with Crippen molar-refractivity contribution in [1.82, 2.24) is 4.90 Å². The molecule has 0 unspecified atom stereocenters. The van der Waals surface area contributed by atoms with E-state index in [9.17, 15) is 0 Å². The van der Waals surface area contributed by atoms with Crippen molar-refractivity contribution in [2.45, 2.75) is 58.4 Å². The summed E-state index contributed by atoms with van der Waals surface area (Å²) in [6.45, 7) is 10.1. The number of fused-ring (bicyclic) bond motifs is 2. The predicted molar refractivity (Wildman–Crippen MR) is 63.8 cm³/mol. The van der Waals surface area contributed by atoms with Crippen molar-refractivity contribution in [1.29, 1.82) is 0 Å². The van der Waals surface area contributed by atoms with E-state index in [0.717, 1.165) is 17.3 Å². The van der Waals surface area contributed by atoms with Gasteiger partial charge < -0.3 is 0 Å². The van der Waals surface area contributed by atoms with Crippen molar-refractivity contribution < 1.29 is 0 Å². The second-order valence-corrected chi connectivity index (χ2v) is 6.92. The zero-order chi connectivity index (χ0) is 10.7. The van der Waals surface area contributed by atoms with E-state index in [-0.39, 0.29) is 0 Å². The van der Waals surface area contributed by atoms with Crippen LogP contribution in [0, 0.1) is 17.3 Å². The molecule has 0 N–H and O–H groups in total. The molecule has 3 aliphatic rings. The predicted octanol–water partition coefficient (Wildman–Crippen LogP) is 3.30. The topological polar surface area (TPSA) is 3.24 Å². The number of nitrogens with zero attached hydrogens (tertiary/aromatic N) is 1. The summed E-state index contributed by atoms with van der Waals surface area (Å²) < 4.78 is 0. The third-order valence-electron chi connectivity index (χ3n) is 5.27. The minimum absolute atomic E-state index is 0.639. The Balaban J connectivity index is 1.91. The highest BCUT2D eigenvalue weighted by Gasteiger charge is 2.66. The van der Waals surface area contributed by atoms with Crippen LogP contribution in [-0.4, -0.2) is 23.5 Å². The van der Waals surface area contributed by atoms with Crippen LogP contribution in [0.5, 0.6) is 0 Å². The van der Waals surface area contributed by atoms with E-state index in [1.54, 1.807) is 0 Å². The molecule has 0 aromatic heterocycles. The Kier molecular flexibility index (Phi) is 2.03. The summed E-state index contributed by atoms with van der Waals surface area (Å²) >= 11 is 0. The van der Waals surface area contributed by atoms with Crippen LogP contribution in [0.3, 0.4) is 0 Å². The fourth-order valence-electron chi connectivity index (χ4n) is 4.73. The number of hydrogen-bond donors (Lipinski definition) is 0. The monoisotopic (exact) mass is 207 g/mol. The van der Waals surface area contributed by atoms with E-state index in [0.29, 0.717) is 5.54 Å². The van der Waals surface area contributed by atoms with Gasteiger partial charge in [0.2, 0.25) is 0 Å². The van der Waals surface area contributed by atoms with Crippen molar-refractivity contribution >= 4 is 0 Å². The fraction of sp³-hybridized carbons (Fsp3) is 1.00. The average molecular weight is 207 g/mol. The molecular formula is C14H25N. The highest BCUT2D eigenvalue weighted by Crippen LogP contribution is 2.68.